The molecule has 0 radical (unpaired) electrons. The Balaban J connectivity index is 1.82. The second kappa shape index (κ2) is 7.04. The average molecular weight is 292 g/mol. The molecule has 0 bridgehead atoms. The number of rotatable bonds is 5. The molecule has 108 valence electrons. The summed E-state index contributed by atoms with van der Waals surface area (Å²) in [6, 6.07) is 4.34. The number of aromatic nitrogens is 3. The number of aliphatic imine (C=N–C) groups is 1. The summed E-state index contributed by atoms with van der Waals surface area (Å²) in [7, 11) is 3.63. The van der Waals surface area contributed by atoms with Crippen molar-refractivity contribution in [2.24, 2.45) is 12.0 Å². The molecule has 0 spiro atoms. The molecule has 0 saturated heterocycles. The van der Waals surface area contributed by atoms with Gasteiger partial charge in [-0.1, -0.05) is 6.92 Å². The summed E-state index contributed by atoms with van der Waals surface area (Å²) in [6.07, 6.45) is 2.63. The van der Waals surface area contributed by atoms with Gasteiger partial charge in [-0.3, -0.25) is 9.67 Å². The van der Waals surface area contributed by atoms with Gasteiger partial charge < -0.3 is 10.6 Å². The standard InChI is InChI=1S/C13H20N6S/c1-4-10-5-6-11(20-10)7-15-13(14-2)16-8-12-17-9-18-19(12)3/h5-6,9H,4,7-8H2,1-3H3,(H2,14,15,16). The van der Waals surface area contributed by atoms with Crippen molar-refractivity contribution in [2.45, 2.75) is 26.4 Å². The summed E-state index contributed by atoms with van der Waals surface area (Å²) in [5.41, 5.74) is 0. The molecule has 0 aromatic carbocycles. The van der Waals surface area contributed by atoms with E-state index in [1.807, 2.05) is 18.4 Å². The maximum Gasteiger partial charge on any atom is 0.191 e. The first-order valence-electron chi connectivity index (χ1n) is 6.58. The zero-order valence-corrected chi connectivity index (χ0v) is 12.9. The van der Waals surface area contributed by atoms with E-state index in [9.17, 15) is 0 Å². The van der Waals surface area contributed by atoms with Crippen LogP contribution in [0.25, 0.3) is 0 Å². The summed E-state index contributed by atoms with van der Waals surface area (Å²) in [6.45, 7) is 3.55. The molecule has 2 rings (SSSR count). The van der Waals surface area contributed by atoms with Crippen LogP contribution < -0.4 is 10.6 Å². The van der Waals surface area contributed by atoms with Crippen LogP contribution in [0.4, 0.5) is 0 Å². The van der Waals surface area contributed by atoms with Gasteiger partial charge in [0.1, 0.15) is 12.2 Å². The fraction of sp³-hybridized carbons (Fsp3) is 0.462. The van der Waals surface area contributed by atoms with E-state index in [0.29, 0.717) is 6.54 Å². The third-order valence-electron chi connectivity index (χ3n) is 2.94. The Kier molecular flexibility index (Phi) is 5.11. The summed E-state index contributed by atoms with van der Waals surface area (Å²) in [5, 5.41) is 10.6. The number of thiophene rings is 1. The number of hydrogen-bond acceptors (Lipinski definition) is 4. The van der Waals surface area contributed by atoms with Crippen molar-refractivity contribution in [1.82, 2.24) is 25.4 Å². The summed E-state index contributed by atoms with van der Waals surface area (Å²) >= 11 is 1.83. The lowest BCUT2D eigenvalue weighted by molar-refractivity contribution is 0.673. The van der Waals surface area contributed by atoms with Crippen molar-refractivity contribution < 1.29 is 0 Å². The van der Waals surface area contributed by atoms with Gasteiger partial charge in [0, 0.05) is 23.8 Å². The summed E-state index contributed by atoms with van der Waals surface area (Å²) < 4.78 is 1.74. The zero-order valence-electron chi connectivity index (χ0n) is 12.1. The van der Waals surface area contributed by atoms with E-state index in [4.69, 9.17) is 0 Å². The van der Waals surface area contributed by atoms with Gasteiger partial charge in [-0.15, -0.1) is 11.3 Å². The first-order valence-corrected chi connectivity index (χ1v) is 7.39. The maximum absolute atomic E-state index is 4.20. The Morgan fingerprint density at radius 1 is 1.30 bits per heavy atom. The molecular weight excluding hydrogens is 272 g/mol. The quantitative estimate of drug-likeness (QED) is 0.644. The zero-order chi connectivity index (χ0) is 14.4. The average Bonchev–Trinajstić information content (AvgIpc) is 3.08. The van der Waals surface area contributed by atoms with E-state index in [0.717, 1.165) is 24.7 Å². The predicted molar refractivity (Wildman–Crippen MR) is 81.7 cm³/mol. The van der Waals surface area contributed by atoms with Crippen LogP contribution in [0.2, 0.25) is 0 Å². The first-order chi connectivity index (χ1) is 9.72. The van der Waals surface area contributed by atoms with Gasteiger partial charge in [0.25, 0.3) is 0 Å². The highest BCUT2D eigenvalue weighted by Crippen LogP contribution is 2.16. The molecule has 2 aromatic rings. The summed E-state index contributed by atoms with van der Waals surface area (Å²) in [4.78, 5) is 11.1. The Morgan fingerprint density at radius 3 is 2.65 bits per heavy atom. The first kappa shape index (κ1) is 14.5. The number of guanidine groups is 1. The van der Waals surface area contributed by atoms with Gasteiger partial charge in [0.2, 0.25) is 0 Å². The molecule has 20 heavy (non-hydrogen) atoms. The molecule has 6 nitrogen and oxygen atoms in total. The third kappa shape index (κ3) is 3.80. The molecule has 0 aliphatic rings. The molecule has 2 heterocycles. The Bertz CT molecular complexity index is 571. The number of aryl methyl sites for hydroxylation is 2. The molecule has 0 unspecified atom stereocenters. The highest BCUT2D eigenvalue weighted by atomic mass is 32.1. The third-order valence-corrected chi connectivity index (χ3v) is 4.17. The van der Waals surface area contributed by atoms with E-state index < -0.39 is 0 Å². The molecule has 0 fully saturated rings. The van der Waals surface area contributed by atoms with Crippen LogP contribution in [0.1, 0.15) is 22.5 Å². The minimum Gasteiger partial charge on any atom is -0.352 e. The minimum atomic E-state index is 0.598. The molecule has 7 heteroatoms. The van der Waals surface area contributed by atoms with Crippen LogP contribution in [0.3, 0.4) is 0 Å². The van der Waals surface area contributed by atoms with Crippen molar-refractivity contribution in [3.05, 3.63) is 34.0 Å². The Morgan fingerprint density at radius 2 is 2.05 bits per heavy atom. The van der Waals surface area contributed by atoms with Crippen molar-refractivity contribution in [3.63, 3.8) is 0 Å². The van der Waals surface area contributed by atoms with Crippen molar-refractivity contribution in [1.29, 1.82) is 0 Å². The molecular formula is C13H20N6S. The minimum absolute atomic E-state index is 0.598. The van der Waals surface area contributed by atoms with Gasteiger partial charge >= 0.3 is 0 Å². The largest absolute Gasteiger partial charge is 0.352 e. The number of hydrogen-bond donors (Lipinski definition) is 2. The lowest BCUT2D eigenvalue weighted by Gasteiger charge is -2.10. The van der Waals surface area contributed by atoms with Crippen LogP contribution in [-0.4, -0.2) is 27.8 Å². The van der Waals surface area contributed by atoms with Crippen LogP contribution in [0.15, 0.2) is 23.5 Å². The van der Waals surface area contributed by atoms with Crippen molar-refractivity contribution in [3.8, 4) is 0 Å². The van der Waals surface area contributed by atoms with E-state index in [1.54, 1.807) is 18.1 Å². The van der Waals surface area contributed by atoms with E-state index in [-0.39, 0.29) is 0 Å². The van der Waals surface area contributed by atoms with E-state index >= 15 is 0 Å². The fourth-order valence-electron chi connectivity index (χ4n) is 1.74. The molecule has 2 N–H and O–H groups in total. The van der Waals surface area contributed by atoms with Gasteiger partial charge in [-0.2, -0.15) is 5.10 Å². The smallest absolute Gasteiger partial charge is 0.191 e. The lowest BCUT2D eigenvalue weighted by atomic mass is 10.4. The summed E-state index contributed by atoms with van der Waals surface area (Å²) in [5.74, 6) is 1.64. The van der Waals surface area contributed by atoms with Crippen molar-refractivity contribution >= 4 is 17.3 Å². The van der Waals surface area contributed by atoms with Gasteiger partial charge in [-0.05, 0) is 18.6 Å². The van der Waals surface area contributed by atoms with Crippen molar-refractivity contribution in [2.75, 3.05) is 7.05 Å². The van der Waals surface area contributed by atoms with Crippen LogP contribution in [0.5, 0.6) is 0 Å². The van der Waals surface area contributed by atoms with Crippen LogP contribution in [0, 0.1) is 0 Å². The number of nitrogens with zero attached hydrogens (tertiary/aromatic N) is 4. The Hall–Kier alpha value is -1.89. The molecule has 0 aliphatic heterocycles. The lowest BCUT2D eigenvalue weighted by Crippen LogP contribution is -2.36. The van der Waals surface area contributed by atoms with Gasteiger partial charge in [0.15, 0.2) is 5.96 Å². The predicted octanol–water partition coefficient (Wildman–Crippen LogP) is 1.30. The highest BCUT2D eigenvalue weighted by Gasteiger charge is 2.04. The SMILES string of the molecule is CCc1ccc(CNC(=NC)NCc2ncnn2C)s1. The molecule has 0 aliphatic carbocycles. The monoisotopic (exact) mass is 292 g/mol. The molecule has 0 saturated carbocycles. The normalized spacial score (nSPS) is 11.7. The highest BCUT2D eigenvalue weighted by molar-refractivity contribution is 7.11. The second-order valence-corrected chi connectivity index (χ2v) is 5.55. The number of nitrogens with one attached hydrogen (secondary N) is 2. The molecule has 0 amide bonds. The molecule has 2 aromatic heterocycles. The maximum atomic E-state index is 4.20. The van der Waals surface area contributed by atoms with Crippen LogP contribution in [-0.2, 0) is 26.6 Å². The van der Waals surface area contributed by atoms with E-state index in [1.165, 1.54) is 9.75 Å². The van der Waals surface area contributed by atoms with E-state index in [2.05, 4.69) is 44.8 Å². The fourth-order valence-corrected chi connectivity index (χ4v) is 2.64. The Labute approximate surface area is 123 Å². The second-order valence-electron chi connectivity index (χ2n) is 4.30. The van der Waals surface area contributed by atoms with Gasteiger partial charge in [-0.25, -0.2) is 4.98 Å². The van der Waals surface area contributed by atoms with Crippen LogP contribution >= 0.6 is 11.3 Å². The van der Waals surface area contributed by atoms with Gasteiger partial charge in [0.05, 0.1) is 13.1 Å². The topological polar surface area (TPSA) is 67.1 Å². The molecule has 0 atom stereocenters.